The van der Waals surface area contributed by atoms with Gasteiger partial charge in [0.05, 0.1) is 12.4 Å². The van der Waals surface area contributed by atoms with E-state index < -0.39 is 0 Å². The van der Waals surface area contributed by atoms with Crippen LogP contribution in [0, 0.1) is 0 Å². The van der Waals surface area contributed by atoms with Crippen LogP contribution in [0.3, 0.4) is 0 Å². The molecule has 0 aromatic carbocycles. The molecule has 0 bridgehead atoms. The van der Waals surface area contributed by atoms with Crippen LogP contribution in [0.4, 0.5) is 0 Å². The summed E-state index contributed by atoms with van der Waals surface area (Å²) >= 11 is 0. The fourth-order valence-electron chi connectivity index (χ4n) is 1.73. The lowest BCUT2D eigenvalue weighted by Crippen LogP contribution is -2.46. The molecule has 0 aromatic heterocycles. The highest BCUT2D eigenvalue weighted by molar-refractivity contribution is 6.01. The van der Waals surface area contributed by atoms with Crippen LogP contribution in [0.1, 0.15) is 26.7 Å². The fourth-order valence-corrected chi connectivity index (χ4v) is 1.73. The number of nitrogens with one attached hydrogen (secondary N) is 1. The van der Waals surface area contributed by atoms with Gasteiger partial charge in [0.15, 0.2) is 0 Å². The Morgan fingerprint density at radius 1 is 1.47 bits per heavy atom. The van der Waals surface area contributed by atoms with Crippen molar-refractivity contribution in [2.75, 3.05) is 20.1 Å². The van der Waals surface area contributed by atoms with Crippen LogP contribution in [0.2, 0.25) is 0 Å². The van der Waals surface area contributed by atoms with E-state index in [1.807, 2.05) is 13.8 Å². The molecule has 0 radical (unpaired) electrons. The molecule has 0 aromatic rings. The minimum absolute atomic E-state index is 0.0280. The number of hydrogen-bond donors (Lipinski definition) is 1. The zero-order valence-electron chi connectivity index (χ0n) is 10.6. The van der Waals surface area contributed by atoms with E-state index in [0.29, 0.717) is 19.4 Å². The van der Waals surface area contributed by atoms with Gasteiger partial charge in [-0.05, 0) is 13.8 Å². The monoisotopic (exact) mass is 240 g/mol. The highest BCUT2D eigenvalue weighted by atomic mass is 16.2. The van der Waals surface area contributed by atoms with E-state index in [-0.39, 0.29) is 17.9 Å². The number of nitrogens with zero attached hydrogens (tertiary/aromatic N) is 3. The van der Waals surface area contributed by atoms with Crippen molar-refractivity contribution in [2.45, 2.75) is 32.7 Å². The standard InChI is InChI=1S/C11H20N4O2/c1-4-12-8-13-9(2)7-14(3)15-10(16)5-6-11(15)17/h8-9H,4-7H2,1-3H3,(H,12,13). The molecule has 1 heterocycles. The lowest BCUT2D eigenvalue weighted by molar-refractivity contribution is -0.155. The predicted molar refractivity (Wildman–Crippen MR) is 65.3 cm³/mol. The SMILES string of the molecule is CCN/C=N/C(C)CN(C)N1C(=O)CCC1=O. The molecule has 17 heavy (non-hydrogen) atoms. The maximum absolute atomic E-state index is 11.5. The number of carbonyl (C=O) groups excluding carboxylic acids is 2. The van der Waals surface area contributed by atoms with Crippen LogP contribution in [-0.2, 0) is 9.59 Å². The molecule has 96 valence electrons. The molecule has 1 aliphatic rings. The second-order valence-corrected chi connectivity index (χ2v) is 4.12. The van der Waals surface area contributed by atoms with Crippen LogP contribution < -0.4 is 5.32 Å². The normalized spacial score (nSPS) is 18.5. The first kappa shape index (κ1) is 13.6. The highest BCUT2D eigenvalue weighted by Gasteiger charge is 2.32. The van der Waals surface area contributed by atoms with Crippen LogP contribution in [-0.4, -0.2) is 54.3 Å². The van der Waals surface area contributed by atoms with Crippen molar-refractivity contribution in [1.82, 2.24) is 15.3 Å². The number of imide groups is 1. The molecule has 1 aliphatic heterocycles. The minimum Gasteiger partial charge on any atom is -0.377 e. The number of aliphatic imine (C=N–C) groups is 1. The van der Waals surface area contributed by atoms with Gasteiger partial charge in [-0.25, -0.2) is 10.0 Å². The zero-order chi connectivity index (χ0) is 12.8. The average Bonchev–Trinajstić information content (AvgIpc) is 2.58. The molecule has 1 atom stereocenters. The van der Waals surface area contributed by atoms with Crippen LogP contribution >= 0.6 is 0 Å². The number of likely N-dealkylation sites (N-methyl/N-ethyl adjacent to an activating group) is 1. The first-order chi connectivity index (χ1) is 8.06. The minimum atomic E-state index is -0.125. The first-order valence-corrected chi connectivity index (χ1v) is 5.88. The molecular weight excluding hydrogens is 220 g/mol. The van der Waals surface area contributed by atoms with Gasteiger partial charge in [0, 0.05) is 33.0 Å². The van der Waals surface area contributed by atoms with Gasteiger partial charge in [-0.2, -0.15) is 0 Å². The Bertz CT molecular complexity index is 301. The van der Waals surface area contributed by atoms with E-state index in [0.717, 1.165) is 6.54 Å². The van der Waals surface area contributed by atoms with Gasteiger partial charge in [0.1, 0.15) is 0 Å². The Kier molecular flexibility index (Phi) is 5.09. The van der Waals surface area contributed by atoms with Crippen molar-refractivity contribution in [3.8, 4) is 0 Å². The van der Waals surface area contributed by atoms with Crippen molar-refractivity contribution in [3.05, 3.63) is 0 Å². The molecule has 0 aliphatic carbocycles. The number of hydrazine groups is 1. The summed E-state index contributed by atoms with van der Waals surface area (Å²) in [5.41, 5.74) is 0. The van der Waals surface area contributed by atoms with E-state index in [4.69, 9.17) is 0 Å². The summed E-state index contributed by atoms with van der Waals surface area (Å²) in [7, 11) is 1.74. The predicted octanol–water partition coefficient (Wildman–Crippen LogP) is 0.00850. The Morgan fingerprint density at radius 2 is 2.06 bits per heavy atom. The molecular formula is C11H20N4O2. The fraction of sp³-hybridized carbons (Fsp3) is 0.727. The van der Waals surface area contributed by atoms with E-state index in [1.165, 1.54) is 5.01 Å². The summed E-state index contributed by atoms with van der Waals surface area (Å²) in [5.74, 6) is -0.249. The average molecular weight is 240 g/mol. The molecule has 1 unspecified atom stereocenters. The molecule has 6 nitrogen and oxygen atoms in total. The Hall–Kier alpha value is -1.43. The van der Waals surface area contributed by atoms with Gasteiger partial charge in [-0.1, -0.05) is 0 Å². The van der Waals surface area contributed by atoms with Crippen molar-refractivity contribution < 1.29 is 9.59 Å². The summed E-state index contributed by atoms with van der Waals surface area (Å²) in [6.07, 6.45) is 2.29. The molecule has 1 saturated heterocycles. The van der Waals surface area contributed by atoms with Crippen LogP contribution in [0.5, 0.6) is 0 Å². The Labute approximate surface area is 102 Å². The van der Waals surface area contributed by atoms with E-state index in [1.54, 1.807) is 18.4 Å². The van der Waals surface area contributed by atoms with E-state index >= 15 is 0 Å². The van der Waals surface area contributed by atoms with E-state index in [2.05, 4.69) is 10.3 Å². The van der Waals surface area contributed by atoms with Crippen molar-refractivity contribution in [2.24, 2.45) is 4.99 Å². The summed E-state index contributed by atoms with van der Waals surface area (Å²) in [4.78, 5) is 27.2. The van der Waals surface area contributed by atoms with Gasteiger partial charge >= 0.3 is 0 Å². The molecule has 1 N–H and O–H groups in total. The van der Waals surface area contributed by atoms with Gasteiger partial charge in [-0.15, -0.1) is 0 Å². The first-order valence-electron chi connectivity index (χ1n) is 5.88. The molecule has 0 spiro atoms. The van der Waals surface area contributed by atoms with Gasteiger partial charge in [0.2, 0.25) is 11.8 Å². The summed E-state index contributed by atoms with van der Waals surface area (Å²) in [6.45, 7) is 5.30. The smallest absolute Gasteiger partial charge is 0.244 e. The number of hydrogen-bond acceptors (Lipinski definition) is 4. The van der Waals surface area contributed by atoms with Gasteiger partial charge < -0.3 is 5.32 Å². The quantitative estimate of drug-likeness (QED) is 0.403. The third-order valence-electron chi connectivity index (χ3n) is 2.52. The lowest BCUT2D eigenvalue weighted by Gasteiger charge is -2.27. The van der Waals surface area contributed by atoms with Crippen LogP contribution in [0.15, 0.2) is 4.99 Å². The Balaban J connectivity index is 2.45. The second kappa shape index (κ2) is 6.34. The molecule has 1 rings (SSSR count). The Morgan fingerprint density at radius 3 is 2.59 bits per heavy atom. The maximum atomic E-state index is 11.5. The number of carbonyl (C=O) groups is 2. The molecule has 6 heteroatoms. The van der Waals surface area contributed by atoms with E-state index in [9.17, 15) is 9.59 Å². The number of rotatable bonds is 6. The van der Waals surface area contributed by atoms with Crippen molar-refractivity contribution in [3.63, 3.8) is 0 Å². The summed E-state index contributed by atoms with van der Waals surface area (Å²) in [6, 6.07) is 0.0280. The third kappa shape index (κ3) is 3.81. The zero-order valence-corrected chi connectivity index (χ0v) is 10.6. The summed E-state index contributed by atoms with van der Waals surface area (Å²) < 4.78 is 0. The maximum Gasteiger partial charge on any atom is 0.244 e. The van der Waals surface area contributed by atoms with Crippen molar-refractivity contribution in [1.29, 1.82) is 0 Å². The largest absolute Gasteiger partial charge is 0.377 e. The van der Waals surface area contributed by atoms with Crippen molar-refractivity contribution >= 4 is 18.2 Å². The summed E-state index contributed by atoms with van der Waals surface area (Å²) in [5, 5.41) is 5.85. The topological polar surface area (TPSA) is 65.0 Å². The highest BCUT2D eigenvalue weighted by Crippen LogP contribution is 2.13. The molecule has 1 fully saturated rings. The van der Waals surface area contributed by atoms with Gasteiger partial charge in [-0.3, -0.25) is 14.6 Å². The second-order valence-electron chi connectivity index (χ2n) is 4.12. The third-order valence-corrected chi connectivity index (χ3v) is 2.52. The molecule has 2 amide bonds. The van der Waals surface area contributed by atoms with Crippen LogP contribution in [0.25, 0.3) is 0 Å². The molecule has 0 saturated carbocycles. The lowest BCUT2D eigenvalue weighted by atomic mass is 10.3. The number of amides is 2. The van der Waals surface area contributed by atoms with Gasteiger partial charge in [0.25, 0.3) is 0 Å².